The normalized spacial score (nSPS) is 15.8. The van der Waals surface area contributed by atoms with Gasteiger partial charge in [0.1, 0.15) is 23.7 Å². The second-order valence-electron chi connectivity index (χ2n) is 10.1. The number of benzene rings is 2. The van der Waals surface area contributed by atoms with Gasteiger partial charge in [0.25, 0.3) is 0 Å². The zero-order valence-corrected chi connectivity index (χ0v) is 23.2. The van der Waals surface area contributed by atoms with E-state index >= 15 is 4.39 Å². The number of methoxy groups -OCH3 is 1. The van der Waals surface area contributed by atoms with E-state index in [4.69, 9.17) is 37.4 Å². The van der Waals surface area contributed by atoms with Crippen molar-refractivity contribution < 1.29 is 28.2 Å². The molecule has 2 aliphatic rings. The van der Waals surface area contributed by atoms with Crippen molar-refractivity contribution >= 4 is 63.4 Å². The number of hydrogen-bond donors (Lipinski definition) is 1. The number of hydrogen-bond acceptors (Lipinski definition) is 7. The predicted octanol–water partition coefficient (Wildman–Crippen LogP) is 6.55. The Bertz CT molecular complexity index is 1470. The summed E-state index contributed by atoms with van der Waals surface area (Å²) in [5.41, 5.74) is 0.0403. The first-order chi connectivity index (χ1) is 18.5. The van der Waals surface area contributed by atoms with Crippen LogP contribution in [0.5, 0.6) is 11.5 Å². The summed E-state index contributed by atoms with van der Waals surface area (Å²) in [7, 11) is 1.48. The maximum Gasteiger partial charge on any atom is 0.410 e. The zero-order chi connectivity index (χ0) is 28.1. The van der Waals surface area contributed by atoms with E-state index in [0.29, 0.717) is 54.0 Å². The molecule has 0 aliphatic carbocycles. The van der Waals surface area contributed by atoms with Gasteiger partial charge in [-0.15, -0.1) is 0 Å². The molecule has 1 N–H and O–H groups in total. The quantitative estimate of drug-likeness (QED) is 0.350. The lowest BCUT2D eigenvalue weighted by atomic mass is 10.1. The van der Waals surface area contributed by atoms with Crippen molar-refractivity contribution in [3.63, 3.8) is 0 Å². The van der Waals surface area contributed by atoms with Crippen molar-refractivity contribution in [1.29, 1.82) is 0 Å². The molecule has 10 nitrogen and oxygen atoms in total. The number of ether oxygens (including phenoxy) is 3. The van der Waals surface area contributed by atoms with E-state index in [2.05, 4.69) is 15.3 Å². The van der Waals surface area contributed by atoms with Crippen LogP contribution >= 0.6 is 23.2 Å². The summed E-state index contributed by atoms with van der Waals surface area (Å²) in [5, 5.41) is 2.93. The summed E-state index contributed by atoms with van der Waals surface area (Å²) in [6, 6.07) is 3.73. The van der Waals surface area contributed by atoms with Crippen LogP contribution in [0.2, 0.25) is 10.0 Å². The van der Waals surface area contributed by atoms with E-state index < -0.39 is 17.4 Å². The number of halogens is 3. The number of aromatic nitrogens is 2. The Morgan fingerprint density at radius 3 is 2.56 bits per heavy atom. The molecule has 1 fully saturated rings. The van der Waals surface area contributed by atoms with Crippen LogP contribution in [0.15, 0.2) is 24.5 Å². The third-order valence-electron chi connectivity index (χ3n) is 6.33. The number of nitrogens with zero attached hydrogens (tertiary/aromatic N) is 4. The fraction of sp³-hybridized carbons (Fsp3) is 0.385. The Morgan fingerprint density at radius 2 is 1.90 bits per heavy atom. The standard InChI is InChI=1S/C26H26Cl2FN5O5/c1-26(2,3)39-25(36)33-9-7-13(8-10-33)38-22-17(37-4)11-15-18-21(22)32-24(35)34(23(18)31-12-30-15)16-6-5-14(27)19(28)20(16)29/h5-6,11-13H,7-10H2,1-4H3,(H,32,35). The first-order valence-electron chi connectivity index (χ1n) is 12.2. The number of likely N-dealkylation sites (tertiary alicyclic amines) is 1. The minimum Gasteiger partial charge on any atom is -0.493 e. The largest absolute Gasteiger partial charge is 0.493 e. The van der Waals surface area contributed by atoms with Gasteiger partial charge in [-0.05, 0) is 32.9 Å². The highest BCUT2D eigenvalue weighted by Crippen LogP contribution is 2.49. The van der Waals surface area contributed by atoms with E-state index in [1.165, 1.54) is 25.6 Å². The zero-order valence-electron chi connectivity index (χ0n) is 21.7. The van der Waals surface area contributed by atoms with Crippen molar-refractivity contribution in [2.45, 2.75) is 45.3 Å². The number of nitrogens with one attached hydrogen (secondary N) is 1. The van der Waals surface area contributed by atoms with E-state index in [9.17, 15) is 9.59 Å². The summed E-state index contributed by atoms with van der Waals surface area (Å²) in [6.45, 7) is 6.34. The maximum absolute atomic E-state index is 15.1. The predicted molar refractivity (Wildman–Crippen MR) is 145 cm³/mol. The van der Waals surface area contributed by atoms with Crippen LogP contribution in [0.1, 0.15) is 33.6 Å². The summed E-state index contributed by atoms with van der Waals surface area (Å²) in [4.78, 5) is 37.2. The van der Waals surface area contributed by atoms with E-state index in [-0.39, 0.29) is 33.7 Å². The molecule has 1 saturated heterocycles. The van der Waals surface area contributed by atoms with Gasteiger partial charge in [-0.2, -0.15) is 0 Å². The van der Waals surface area contributed by atoms with Crippen molar-refractivity contribution in [2.75, 3.05) is 30.4 Å². The van der Waals surface area contributed by atoms with Gasteiger partial charge in [0.05, 0.1) is 33.7 Å². The number of urea groups is 1. The van der Waals surface area contributed by atoms with Gasteiger partial charge in [0.15, 0.2) is 23.1 Å². The second kappa shape index (κ2) is 10.2. The highest BCUT2D eigenvalue weighted by Gasteiger charge is 2.36. The van der Waals surface area contributed by atoms with Crippen LogP contribution in [0.3, 0.4) is 0 Å². The average Bonchev–Trinajstić information content (AvgIpc) is 2.89. The molecule has 1 aromatic heterocycles. The number of amides is 3. The fourth-order valence-electron chi connectivity index (χ4n) is 4.54. The lowest BCUT2D eigenvalue weighted by molar-refractivity contribution is 0.0125. The van der Waals surface area contributed by atoms with Gasteiger partial charge in [0.2, 0.25) is 0 Å². The van der Waals surface area contributed by atoms with Crippen molar-refractivity contribution in [2.24, 2.45) is 0 Å². The minimum absolute atomic E-state index is 0.0155. The Balaban J connectivity index is 1.49. The summed E-state index contributed by atoms with van der Waals surface area (Å²) in [6.07, 6.45) is 1.69. The molecule has 206 valence electrons. The molecule has 39 heavy (non-hydrogen) atoms. The third kappa shape index (κ3) is 5.08. The number of piperidine rings is 1. The molecule has 5 rings (SSSR count). The Hall–Kier alpha value is -3.57. The molecule has 0 unspecified atom stereocenters. The van der Waals surface area contributed by atoms with Crippen LogP contribution in [0.4, 0.5) is 31.2 Å². The van der Waals surface area contributed by atoms with Gasteiger partial charge in [0, 0.05) is 32.0 Å². The van der Waals surface area contributed by atoms with Gasteiger partial charge < -0.3 is 24.4 Å². The molecule has 0 bridgehead atoms. The summed E-state index contributed by atoms with van der Waals surface area (Å²) < 4.78 is 32.5. The smallest absolute Gasteiger partial charge is 0.410 e. The highest BCUT2D eigenvalue weighted by atomic mass is 35.5. The highest BCUT2D eigenvalue weighted by molar-refractivity contribution is 6.42. The number of carbonyl (C=O) groups excluding carboxylic acids is 2. The Labute approximate surface area is 233 Å². The summed E-state index contributed by atoms with van der Waals surface area (Å²) in [5.74, 6) is -0.0786. The number of carbonyl (C=O) groups is 2. The monoisotopic (exact) mass is 577 g/mol. The van der Waals surface area contributed by atoms with Crippen LogP contribution in [0, 0.1) is 5.82 Å². The molecule has 2 aliphatic heterocycles. The molecule has 0 saturated carbocycles. The van der Waals surface area contributed by atoms with Crippen molar-refractivity contribution in [3.05, 3.63) is 40.4 Å². The molecule has 3 aromatic rings. The van der Waals surface area contributed by atoms with Crippen LogP contribution in [-0.2, 0) is 4.74 Å². The number of anilines is 3. The van der Waals surface area contributed by atoms with Gasteiger partial charge in [-0.25, -0.2) is 28.8 Å². The molecule has 3 heterocycles. The molecular weight excluding hydrogens is 552 g/mol. The lowest BCUT2D eigenvalue weighted by Crippen LogP contribution is -2.44. The second-order valence-corrected chi connectivity index (χ2v) is 10.9. The van der Waals surface area contributed by atoms with Crippen LogP contribution in [-0.4, -0.2) is 58.9 Å². The number of rotatable bonds is 4. The van der Waals surface area contributed by atoms with E-state index in [1.54, 1.807) is 11.0 Å². The van der Waals surface area contributed by atoms with Crippen LogP contribution < -0.4 is 19.7 Å². The van der Waals surface area contributed by atoms with Gasteiger partial charge in [-0.1, -0.05) is 23.2 Å². The Morgan fingerprint density at radius 1 is 1.18 bits per heavy atom. The molecule has 0 spiro atoms. The molecular formula is C26H26Cl2FN5O5. The molecule has 0 radical (unpaired) electrons. The Kier molecular flexibility index (Phi) is 7.06. The fourth-order valence-corrected chi connectivity index (χ4v) is 4.85. The molecule has 3 amide bonds. The minimum atomic E-state index is -0.865. The van der Waals surface area contributed by atoms with Gasteiger partial charge >= 0.3 is 12.1 Å². The van der Waals surface area contributed by atoms with E-state index in [0.717, 1.165) is 4.90 Å². The van der Waals surface area contributed by atoms with Crippen molar-refractivity contribution in [3.8, 4) is 11.5 Å². The topological polar surface area (TPSA) is 106 Å². The average molecular weight is 578 g/mol. The van der Waals surface area contributed by atoms with Crippen molar-refractivity contribution in [1.82, 2.24) is 14.9 Å². The lowest BCUT2D eigenvalue weighted by Gasteiger charge is -2.35. The summed E-state index contributed by atoms with van der Waals surface area (Å²) >= 11 is 12.0. The first-order valence-corrected chi connectivity index (χ1v) is 13.0. The molecule has 13 heteroatoms. The SMILES string of the molecule is COc1cc2ncnc3c2c(c1OC1CCN(C(=O)OC(C)(C)C)CC1)NC(=O)N3c1ccc(Cl)c(Cl)c1F. The first kappa shape index (κ1) is 27.0. The van der Waals surface area contributed by atoms with Gasteiger partial charge in [-0.3, -0.25) is 0 Å². The maximum atomic E-state index is 15.1. The third-order valence-corrected chi connectivity index (χ3v) is 7.11. The molecule has 2 aromatic carbocycles. The van der Waals surface area contributed by atoms with Crippen LogP contribution in [0.25, 0.3) is 10.9 Å². The molecule has 0 atom stereocenters. The van der Waals surface area contributed by atoms with E-state index in [1.807, 2.05) is 20.8 Å².